The summed E-state index contributed by atoms with van der Waals surface area (Å²) in [6, 6.07) is 14.9. The van der Waals surface area contributed by atoms with E-state index in [2.05, 4.69) is 10.2 Å². The number of hydrogen-bond donors (Lipinski definition) is 2. The highest BCUT2D eigenvalue weighted by Crippen LogP contribution is 2.26. The van der Waals surface area contributed by atoms with Crippen LogP contribution in [0, 0.1) is 5.82 Å². The van der Waals surface area contributed by atoms with E-state index in [-0.39, 0.29) is 5.82 Å². The summed E-state index contributed by atoms with van der Waals surface area (Å²) in [4.78, 5) is 11.5. The van der Waals surface area contributed by atoms with E-state index in [1.54, 1.807) is 36.4 Å². The van der Waals surface area contributed by atoms with E-state index in [1.165, 1.54) is 12.1 Å². The number of nitrogens with two attached hydrogens (primary N) is 1. The predicted molar refractivity (Wildman–Crippen MR) is 77.9 cm³/mol. The third-order valence-electron chi connectivity index (χ3n) is 3.20. The molecule has 0 aliphatic rings. The molecule has 2 aromatic carbocycles. The van der Waals surface area contributed by atoms with Crippen LogP contribution in [0.1, 0.15) is 10.4 Å². The first kappa shape index (κ1) is 13.1. The second-order valence-electron chi connectivity index (χ2n) is 4.58. The van der Waals surface area contributed by atoms with Crippen LogP contribution in [0.4, 0.5) is 4.39 Å². The van der Waals surface area contributed by atoms with Gasteiger partial charge < -0.3 is 5.73 Å². The van der Waals surface area contributed by atoms with Gasteiger partial charge in [0.2, 0.25) is 5.91 Å². The number of halogens is 1. The third-order valence-corrected chi connectivity index (χ3v) is 3.20. The van der Waals surface area contributed by atoms with Crippen molar-refractivity contribution in [1.82, 2.24) is 10.2 Å². The zero-order chi connectivity index (χ0) is 14.8. The largest absolute Gasteiger partial charge is 0.366 e. The van der Waals surface area contributed by atoms with Crippen LogP contribution in [-0.2, 0) is 0 Å². The van der Waals surface area contributed by atoms with Crippen molar-refractivity contribution in [2.75, 3.05) is 0 Å². The molecule has 0 unspecified atom stereocenters. The Morgan fingerprint density at radius 3 is 2.52 bits per heavy atom. The molecule has 4 nitrogen and oxygen atoms in total. The number of rotatable bonds is 3. The first-order chi connectivity index (χ1) is 10.1. The molecule has 0 atom stereocenters. The highest BCUT2D eigenvalue weighted by Gasteiger charge is 2.12. The van der Waals surface area contributed by atoms with Crippen LogP contribution in [0.3, 0.4) is 0 Å². The number of nitrogens with zero attached hydrogens (tertiary/aromatic N) is 1. The van der Waals surface area contributed by atoms with Crippen LogP contribution in [0.2, 0.25) is 0 Å². The lowest BCUT2D eigenvalue weighted by Gasteiger charge is -2.03. The maximum absolute atomic E-state index is 12.9. The van der Waals surface area contributed by atoms with Gasteiger partial charge in [-0.15, -0.1) is 0 Å². The summed E-state index contributed by atoms with van der Waals surface area (Å²) in [5, 5.41) is 7.07. The average molecular weight is 281 g/mol. The molecule has 3 rings (SSSR count). The maximum atomic E-state index is 12.9. The van der Waals surface area contributed by atoms with E-state index in [0.29, 0.717) is 22.5 Å². The van der Waals surface area contributed by atoms with E-state index in [1.807, 2.05) is 6.07 Å². The summed E-state index contributed by atoms with van der Waals surface area (Å²) in [7, 11) is 0. The number of carbonyl (C=O) groups excluding carboxylic acids is 1. The number of amides is 1. The normalized spacial score (nSPS) is 10.5. The third kappa shape index (κ3) is 2.53. The summed E-state index contributed by atoms with van der Waals surface area (Å²) in [6.07, 6.45) is 0. The summed E-state index contributed by atoms with van der Waals surface area (Å²) in [5.74, 6) is -0.794. The molecule has 0 aliphatic carbocycles. The molecule has 0 saturated carbocycles. The Morgan fingerprint density at radius 1 is 1.10 bits per heavy atom. The molecule has 3 aromatic rings. The number of hydrogen-bond acceptors (Lipinski definition) is 2. The molecule has 0 fully saturated rings. The van der Waals surface area contributed by atoms with Crippen molar-refractivity contribution in [1.29, 1.82) is 0 Å². The average Bonchev–Trinajstić information content (AvgIpc) is 2.97. The smallest absolute Gasteiger partial charge is 0.249 e. The molecule has 21 heavy (non-hydrogen) atoms. The van der Waals surface area contributed by atoms with Crippen molar-refractivity contribution in [2.45, 2.75) is 0 Å². The van der Waals surface area contributed by atoms with Gasteiger partial charge in [0.15, 0.2) is 0 Å². The summed E-state index contributed by atoms with van der Waals surface area (Å²) in [6.45, 7) is 0. The lowest BCUT2D eigenvalue weighted by atomic mass is 10.0. The Bertz CT molecular complexity index is 793. The molecule has 5 heteroatoms. The zero-order valence-electron chi connectivity index (χ0n) is 11.0. The lowest BCUT2D eigenvalue weighted by molar-refractivity contribution is 0.100. The first-order valence-corrected chi connectivity index (χ1v) is 6.36. The standard InChI is InChI=1S/C16H12FN3O/c17-11-7-5-10(6-8-11)14-9-15(20-19-14)12-3-1-2-4-13(12)16(18)21/h1-9H,(H2,18,21)(H,19,20). The Hall–Kier alpha value is -2.95. The first-order valence-electron chi connectivity index (χ1n) is 6.36. The summed E-state index contributed by atoms with van der Waals surface area (Å²) < 4.78 is 12.9. The molecular formula is C16H12FN3O. The summed E-state index contributed by atoms with van der Waals surface area (Å²) in [5.41, 5.74) is 8.62. The Labute approximate surface area is 120 Å². The molecule has 104 valence electrons. The van der Waals surface area contributed by atoms with E-state index >= 15 is 0 Å². The second-order valence-corrected chi connectivity index (χ2v) is 4.58. The van der Waals surface area contributed by atoms with Crippen LogP contribution >= 0.6 is 0 Å². The van der Waals surface area contributed by atoms with Crippen LogP contribution in [0.5, 0.6) is 0 Å². The van der Waals surface area contributed by atoms with Crippen molar-refractivity contribution >= 4 is 5.91 Å². The minimum Gasteiger partial charge on any atom is -0.366 e. The molecule has 0 aliphatic heterocycles. The number of H-pyrrole nitrogens is 1. The highest BCUT2D eigenvalue weighted by molar-refractivity contribution is 5.99. The van der Waals surface area contributed by atoms with Gasteiger partial charge in [0.1, 0.15) is 5.82 Å². The molecule has 0 saturated heterocycles. The Kier molecular flexibility index (Phi) is 3.23. The van der Waals surface area contributed by atoms with E-state index in [0.717, 1.165) is 5.56 Å². The molecule has 1 aromatic heterocycles. The molecular weight excluding hydrogens is 269 g/mol. The van der Waals surface area contributed by atoms with Crippen LogP contribution in [-0.4, -0.2) is 16.1 Å². The highest BCUT2D eigenvalue weighted by atomic mass is 19.1. The predicted octanol–water partition coefficient (Wildman–Crippen LogP) is 2.98. The molecule has 0 spiro atoms. The van der Waals surface area contributed by atoms with Gasteiger partial charge in [-0.1, -0.05) is 18.2 Å². The van der Waals surface area contributed by atoms with Gasteiger partial charge in [-0.2, -0.15) is 5.10 Å². The minimum atomic E-state index is -0.497. The number of aromatic amines is 1. The van der Waals surface area contributed by atoms with Gasteiger partial charge in [-0.3, -0.25) is 9.89 Å². The Balaban J connectivity index is 2.03. The monoisotopic (exact) mass is 281 g/mol. The van der Waals surface area contributed by atoms with Crippen molar-refractivity contribution in [3.05, 3.63) is 66.0 Å². The maximum Gasteiger partial charge on any atom is 0.249 e. The molecule has 1 amide bonds. The molecule has 3 N–H and O–H groups in total. The van der Waals surface area contributed by atoms with Crippen LogP contribution in [0.25, 0.3) is 22.5 Å². The van der Waals surface area contributed by atoms with Crippen LogP contribution in [0.15, 0.2) is 54.6 Å². The van der Waals surface area contributed by atoms with E-state index in [4.69, 9.17) is 5.73 Å². The van der Waals surface area contributed by atoms with Crippen molar-refractivity contribution in [3.8, 4) is 22.5 Å². The minimum absolute atomic E-state index is 0.298. The van der Waals surface area contributed by atoms with Gasteiger partial charge in [0.25, 0.3) is 0 Å². The number of nitrogens with one attached hydrogen (secondary N) is 1. The number of carbonyl (C=O) groups is 1. The SMILES string of the molecule is NC(=O)c1ccccc1-c1cc(-c2ccc(F)cc2)n[nH]1. The fraction of sp³-hybridized carbons (Fsp3) is 0. The van der Waals surface area contributed by atoms with Gasteiger partial charge >= 0.3 is 0 Å². The number of primary amides is 1. The van der Waals surface area contributed by atoms with Gasteiger partial charge in [0.05, 0.1) is 11.4 Å². The molecule has 1 heterocycles. The fourth-order valence-corrected chi connectivity index (χ4v) is 2.16. The summed E-state index contributed by atoms with van der Waals surface area (Å²) >= 11 is 0. The number of benzene rings is 2. The van der Waals surface area contributed by atoms with Crippen molar-refractivity contribution in [2.24, 2.45) is 5.73 Å². The van der Waals surface area contributed by atoms with Crippen LogP contribution < -0.4 is 5.73 Å². The van der Waals surface area contributed by atoms with Crippen molar-refractivity contribution in [3.63, 3.8) is 0 Å². The van der Waals surface area contributed by atoms with Gasteiger partial charge in [-0.25, -0.2) is 4.39 Å². The Morgan fingerprint density at radius 2 is 1.81 bits per heavy atom. The van der Waals surface area contributed by atoms with Gasteiger partial charge in [0, 0.05) is 16.7 Å². The molecule has 0 bridgehead atoms. The fourth-order valence-electron chi connectivity index (χ4n) is 2.16. The molecule has 0 radical (unpaired) electrons. The lowest BCUT2D eigenvalue weighted by Crippen LogP contribution is -2.12. The quantitative estimate of drug-likeness (QED) is 0.774. The van der Waals surface area contributed by atoms with E-state index in [9.17, 15) is 9.18 Å². The van der Waals surface area contributed by atoms with Crippen molar-refractivity contribution < 1.29 is 9.18 Å². The van der Waals surface area contributed by atoms with Gasteiger partial charge in [-0.05, 0) is 36.4 Å². The topological polar surface area (TPSA) is 71.8 Å². The number of aromatic nitrogens is 2. The second kappa shape index (κ2) is 5.20. The zero-order valence-corrected chi connectivity index (χ0v) is 11.0. The van der Waals surface area contributed by atoms with E-state index < -0.39 is 5.91 Å².